The Balaban J connectivity index is 0.702. The Labute approximate surface area is 460 Å². The SMILES string of the molecule is N#CCC1CN(c2nc(OC[C@@H]3CCCN3CCCOCCOCCOCCOc3c(Br)cc(C=C4C(=O)Nc5ccc(I)cc54)cc3Br)nc3c2CCN(c2cccc4cccc(Cl)c24)C3)CCN1C(=O)O. The first-order valence-corrected chi connectivity index (χ1v) is 27.6. The molecule has 5 aromatic rings. The normalized spacial score (nSPS) is 18.3. The third kappa shape index (κ3) is 13.0. The number of anilines is 3. The number of halogens is 4. The number of nitriles is 1. The van der Waals surface area contributed by atoms with Gasteiger partial charge in [0.05, 0.1) is 77.8 Å². The molecule has 0 radical (unpaired) electrons. The number of likely N-dealkylation sites (tertiary alicyclic amines) is 1. The van der Waals surface area contributed by atoms with Gasteiger partial charge in [0, 0.05) is 82.4 Å². The van der Waals surface area contributed by atoms with Crippen molar-refractivity contribution < 1.29 is 38.4 Å². The van der Waals surface area contributed by atoms with Crippen LogP contribution in [0.3, 0.4) is 0 Å². The zero-order valence-electron chi connectivity index (χ0n) is 40.2. The van der Waals surface area contributed by atoms with Crippen molar-refractivity contribution in [1.29, 1.82) is 5.26 Å². The highest BCUT2D eigenvalue weighted by atomic mass is 127. The van der Waals surface area contributed by atoms with E-state index in [9.17, 15) is 20.0 Å². The molecule has 20 heteroatoms. The number of nitrogens with zero attached hydrogens (tertiary/aromatic N) is 7. The van der Waals surface area contributed by atoms with Gasteiger partial charge < -0.3 is 48.8 Å². The lowest BCUT2D eigenvalue weighted by atomic mass is 10.0. The number of nitrogens with one attached hydrogen (secondary N) is 1. The van der Waals surface area contributed by atoms with Crippen LogP contribution in [0.2, 0.25) is 5.02 Å². The Morgan fingerprint density at radius 3 is 2.42 bits per heavy atom. The minimum atomic E-state index is -1.02. The lowest BCUT2D eigenvalue weighted by Crippen LogP contribution is -2.55. The molecule has 0 aliphatic carbocycles. The summed E-state index contributed by atoms with van der Waals surface area (Å²) in [5.74, 6) is 1.28. The maximum absolute atomic E-state index is 12.7. The number of fused-ring (bicyclic) bond motifs is 3. The van der Waals surface area contributed by atoms with Crippen LogP contribution >= 0.6 is 66.1 Å². The molecule has 384 valence electrons. The van der Waals surface area contributed by atoms with Crippen LogP contribution in [0.1, 0.15) is 48.1 Å². The van der Waals surface area contributed by atoms with Gasteiger partial charge in [0.15, 0.2) is 0 Å². The molecule has 4 aliphatic heterocycles. The third-order valence-electron chi connectivity index (χ3n) is 13.5. The average molecular weight is 1260 g/mol. The Morgan fingerprint density at radius 2 is 1.66 bits per heavy atom. The largest absolute Gasteiger partial charge is 0.489 e. The number of hydrogen-bond acceptors (Lipinski definition) is 13. The minimum absolute atomic E-state index is 0.0930. The van der Waals surface area contributed by atoms with Gasteiger partial charge >= 0.3 is 12.1 Å². The molecule has 0 bridgehead atoms. The number of carboxylic acid groups (broad SMARTS) is 1. The summed E-state index contributed by atoms with van der Waals surface area (Å²) in [6.45, 7) is 7.82. The highest BCUT2D eigenvalue weighted by Gasteiger charge is 2.35. The van der Waals surface area contributed by atoms with E-state index in [1.165, 1.54) is 4.90 Å². The molecule has 2 fully saturated rings. The second kappa shape index (κ2) is 25.2. The predicted octanol–water partition coefficient (Wildman–Crippen LogP) is 9.91. The summed E-state index contributed by atoms with van der Waals surface area (Å²) < 4.78 is 32.5. The molecule has 2 atom stereocenters. The van der Waals surface area contributed by atoms with E-state index < -0.39 is 12.1 Å². The molecule has 1 aromatic heterocycles. The molecular weight excluding hydrogens is 1200 g/mol. The third-order valence-corrected chi connectivity index (χ3v) is 15.7. The number of benzene rings is 4. The molecule has 2 amide bonds. The molecule has 0 saturated carbocycles. The van der Waals surface area contributed by atoms with Gasteiger partial charge in [0.25, 0.3) is 5.91 Å². The molecule has 16 nitrogen and oxygen atoms in total. The standard InChI is InChI=1S/C53H56Br2ClIN8O8/c54-42-28-34(27-41-40-30-36(57)10-11-45(40)59-51(41)66)29-43(55)49(42)72-26-25-71-24-23-70-22-21-69-20-4-16-62-15-3-7-38(62)33-73-52-60-46-32-63(47-9-2-6-35-5-1-8-44(56)48(35)47)17-13-39(46)50(61-52)64-18-19-65(53(67)68)37(31-64)12-14-58/h1-2,5-6,8-11,27-30,37-38H,3-4,7,12-13,15-26,31-33H2,(H,59,66)(H,67,68)/t37?,38-/m0/s1. The van der Waals surface area contributed by atoms with Crippen LogP contribution in [0.5, 0.6) is 11.8 Å². The number of ether oxygens (including phenoxy) is 5. The molecule has 2 N–H and O–H groups in total. The Hall–Kier alpha value is -4.79. The number of piperazine rings is 1. The summed E-state index contributed by atoms with van der Waals surface area (Å²) in [6, 6.07) is 24.1. The maximum Gasteiger partial charge on any atom is 0.407 e. The summed E-state index contributed by atoms with van der Waals surface area (Å²) in [7, 11) is 0. The summed E-state index contributed by atoms with van der Waals surface area (Å²) in [5.41, 5.74) is 6.11. The Morgan fingerprint density at radius 1 is 0.904 bits per heavy atom. The Bertz CT molecular complexity index is 2860. The molecule has 2 saturated heterocycles. The van der Waals surface area contributed by atoms with Crippen LogP contribution < -0.4 is 24.6 Å². The van der Waals surface area contributed by atoms with Crippen molar-refractivity contribution in [1.82, 2.24) is 19.8 Å². The number of hydrogen-bond donors (Lipinski definition) is 2. The first kappa shape index (κ1) is 53.1. The molecule has 1 unspecified atom stereocenters. The fourth-order valence-electron chi connectivity index (χ4n) is 9.97. The van der Waals surface area contributed by atoms with Gasteiger partial charge in [-0.25, -0.2) is 4.79 Å². The van der Waals surface area contributed by atoms with E-state index in [-0.39, 0.29) is 24.9 Å². The first-order chi connectivity index (χ1) is 35.5. The monoisotopic (exact) mass is 1250 g/mol. The van der Waals surface area contributed by atoms with Crippen LogP contribution in [0.25, 0.3) is 22.4 Å². The summed E-state index contributed by atoms with van der Waals surface area (Å²) >= 11 is 16.3. The van der Waals surface area contributed by atoms with Crippen molar-refractivity contribution in [2.45, 2.75) is 50.7 Å². The smallest absolute Gasteiger partial charge is 0.407 e. The van der Waals surface area contributed by atoms with E-state index >= 15 is 0 Å². The molecule has 4 aliphatic rings. The van der Waals surface area contributed by atoms with Gasteiger partial charge in [0.1, 0.15) is 24.8 Å². The van der Waals surface area contributed by atoms with Crippen molar-refractivity contribution in [2.24, 2.45) is 0 Å². The molecule has 5 heterocycles. The Kier molecular flexibility index (Phi) is 18.3. The predicted molar refractivity (Wildman–Crippen MR) is 297 cm³/mol. The summed E-state index contributed by atoms with van der Waals surface area (Å²) in [4.78, 5) is 43.1. The fraction of sp³-hybridized carbons (Fsp3) is 0.415. The minimum Gasteiger partial charge on any atom is -0.489 e. The van der Waals surface area contributed by atoms with Crippen LogP contribution in [0.15, 0.2) is 75.7 Å². The van der Waals surface area contributed by atoms with Crippen LogP contribution in [-0.2, 0) is 32.0 Å². The quantitative estimate of drug-likeness (QED) is 0.0403. The lowest BCUT2D eigenvalue weighted by molar-refractivity contribution is -0.110. The van der Waals surface area contributed by atoms with E-state index in [2.05, 4.69) is 105 Å². The van der Waals surface area contributed by atoms with E-state index in [0.717, 1.165) is 102 Å². The van der Waals surface area contributed by atoms with Crippen molar-refractivity contribution >= 4 is 118 Å². The maximum atomic E-state index is 12.7. The zero-order valence-corrected chi connectivity index (χ0v) is 46.3. The second-order valence-electron chi connectivity index (χ2n) is 18.2. The van der Waals surface area contributed by atoms with Gasteiger partial charge in [-0.15, -0.1) is 0 Å². The van der Waals surface area contributed by atoms with Gasteiger partial charge in [0.2, 0.25) is 0 Å². The highest BCUT2D eigenvalue weighted by Crippen LogP contribution is 2.40. The van der Waals surface area contributed by atoms with Crippen LogP contribution in [0.4, 0.5) is 22.0 Å². The van der Waals surface area contributed by atoms with E-state index in [1.807, 2.05) is 48.5 Å². The fourth-order valence-corrected chi connectivity index (χ4v) is 12.2. The number of aromatic nitrogens is 2. The second-order valence-corrected chi connectivity index (χ2v) is 21.5. The average Bonchev–Trinajstić information content (AvgIpc) is 3.96. The first-order valence-electron chi connectivity index (χ1n) is 24.5. The van der Waals surface area contributed by atoms with Crippen molar-refractivity contribution in [2.75, 3.05) is 107 Å². The van der Waals surface area contributed by atoms with E-state index in [0.29, 0.717) is 101 Å². The topological polar surface area (TPSA) is 175 Å². The lowest BCUT2D eigenvalue weighted by Gasteiger charge is -2.41. The molecule has 9 rings (SSSR count). The van der Waals surface area contributed by atoms with Crippen molar-refractivity contribution in [3.63, 3.8) is 0 Å². The number of carbonyl (C=O) groups is 2. The van der Waals surface area contributed by atoms with Crippen LogP contribution in [0, 0.1) is 14.9 Å². The van der Waals surface area contributed by atoms with E-state index in [1.54, 1.807) is 0 Å². The van der Waals surface area contributed by atoms with Gasteiger partial charge in [-0.05, 0) is 146 Å². The van der Waals surface area contributed by atoms with Crippen molar-refractivity contribution in [3.05, 3.63) is 107 Å². The molecular formula is C53H56Br2ClIN8O8. The van der Waals surface area contributed by atoms with E-state index in [4.69, 9.17) is 45.3 Å². The number of rotatable bonds is 21. The summed E-state index contributed by atoms with van der Waals surface area (Å²) in [5, 5.41) is 25.2. The van der Waals surface area contributed by atoms with Crippen LogP contribution in [-0.4, -0.2) is 141 Å². The highest BCUT2D eigenvalue weighted by molar-refractivity contribution is 14.1. The zero-order chi connectivity index (χ0) is 50.8. The van der Waals surface area contributed by atoms with Gasteiger partial charge in [-0.2, -0.15) is 15.2 Å². The van der Waals surface area contributed by atoms with Crippen molar-refractivity contribution in [3.8, 4) is 17.8 Å². The number of carbonyl (C=O) groups excluding carboxylic acids is 1. The summed E-state index contributed by atoms with van der Waals surface area (Å²) in [6.07, 6.45) is 4.58. The molecule has 73 heavy (non-hydrogen) atoms. The van der Waals surface area contributed by atoms with Gasteiger partial charge in [-0.1, -0.05) is 35.9 Å². The molecule has 4 aromatic carbocycles. The molecule has 0 spiro atoms. The van der Waals surface area contributed by atoms with Gasteiger partial charge in [-0.3, -0.25) is 9.69 Å². The number of amides is 2.